The molecular weight excluding hydrogens is 262 g/mol. The van der Waals surface area contributed by atoms with E-state index in [9.17, 15) is 0 Å². The highest BCUT2D eigenvalue weighted by Crippen LogP contribution is 2.36. The molecule has 0 spiro atoms. The molecule has 0 heterocycles. The number of likely N-dealkylation sites (N-methyl/N-ethyl adjacent to an activating group) is 1. The molecule has 21 heavy (non-hydrogen) atoms. The van der Waals surface area contributed by atoms with Crippen molar-refractivity contribution in [2.45, 2.75) is 51.0 Å². The van der Waals surface area contributed by atoms with Crippen LogP contribution in [0.15, 0.2) is 24.3 Å². The highest BCUT2D eigenvalue weighted by atomic mass is 16.5. The number of nitrogens with one attached hydrogen (secondary N) is 1. The summed E-state index contributed by atoms with van der Waals surface area (Å²) in [5.41, 5.74) is 1.36. The molecule has 1 N–H and O–H groups in total. The number of hydrogen-bond donors (Lipinski definition) is 1. The van der Waals surface area contributed by atoms with Crippen molar-refractivity contribution in [2.75, 3.05) is 26.9 Å². The van der Waals surface area contributed by atoms with E-state index in [1.165, 1.54) is 37.7 Å². The maximum atomic E-state index is 5.95. The van der Waals surface area contributed by atoms with Crippen LogP contribution < -0.4 is 10.1 Å². The highest BCUT2D eigenvalue weighted by Gasteiger charge is 2.26. The van der Waals surface area contributed by atoms with Crippen molar-refractivity contribution in [3.8, 4) is 5.75 Å². The van der Waals surface area contributed by atoms with E-state index in [-0.39, 0.29) is 0 Å². The van der Waals surface area contributed by atoms with Crippen LogP contribution in [0.3, 0.4) is 0 Å². The standard InChI is InChI=1S/C18H29NO2/c1-3-19-17-11-6-4-5-9-15(17)16-10-7-8-12-18(16)21-14-13-20-2/h7-8,10,12,15,17,19H,3-6,9,11,13-14H2,1-2H3. The van der Waals surface area contributed by atoms with Crippen molar-refractivity contribution in [3.63, 3.8) is 0 Å². The summed E-state index contributed by atoms with van der Waals surface area (Å²) in [4.78, 5) is 0. The minimum atomic E-state index is 0.561. The Hall–Kier alpha value is -1.06. The molecule has 0 aromatic heterocycles. The summed E-state index contributed by atoms with van der Waals surface area (Å²) in [7, 11) is 1.71. The lowest BCUT2D eigenvalue weighted by atomic mass is 9.87. The molecule has 2 unspecified atom stereocenters. The number of hydrogen-bond acceptors (Lipinski definition) is 3. The van der Waals surface area contributed by atoms with Crippen molar-refractivity contribution in [3.05, 3.63) is 29.8 Å². The van der Waals surface area contributed by atoms with Crippen LogP contribution in [0.4, 0.5) is 0 Å². The average Bonchev–Trinajstić information content (AvgIpc) is 2.74. The van der Waals surface area contributed by atoms with E-state index in [0.29, 0.717) is 25.2 Å². The predicted octanol–water partition coefficient (Wildman–Crippen LogP) is 3.74. The monoisotopic (exact) mass is 291 g/mol. The fourth-order valence-electron chi connectivity index (χ4n) is 3.34. The van der Waals surface area contributed by atoms with Crippen LogP contribution >= 0.6 is 0 Å². The summed E-state index contributed by atoms with van der Waals surface area (Å²) in [6.45, 7) is 4.48. The number of benzene rings is 1. The van der Waals surface area contributed by atoms with Crippen molar-refractivity contribution >= 4 is 0 Å². The van der Waals surface area contributed by atoms with Crippen molar-refractivity contribution < 1.29 is 9.47 Å². The zero-order valence-electron chi connectivity index (χ0n) is 13.4. The molecule has 0 bridgehead atoms. The summed E-state index contributed by atoms with van der Waals surface area (Å²) in [5.74, 6) is 1.59. The third kappa shape index (κ3) is 4.72. The van der Waals surface area contributed by atoms with Gasteiger partial charge in [-0.3, -0.25) is 0 Å². The maximum Gasteiger partial charge on any atom is 0.122 e. The minimum Gasteiger partial charge on any atom is -0.491 e. The fraction of sp³-hybridized carbons (Fsp3) is 0.667. The summed E-state index contributed by atoms with van der Waals surface area (Å²) in [6.07, 6.45) is 6.53. The van der Waals surface area contributed by atoms with Gasteiger partial charge in [-0.1, -0.05) is 44.4 Å². The normalized spacial score (nSPS) is 22.8. The van der Waals surface area contributed by atoms with E-state index < -0.39 is 0 Å². The van der Waals surface area contributed by atoms with E-state index in [4.69, 9.17) is 9.47 Å². The molecule has 2 atom stereocenters. The van der Waals surface area contributed by atoms with Gasteiger partial charge in [0.15, 0.2) is 0 Å². The molecule has 0 amide bonds. The van der Waals surface area contributed by atoms with Crippen LogP contribution in [0.2, 0.25) is 0 Å². The molecule has 0 radical (unpaired) electrons. The summed E-state index contributed by atoms with van der Waals surface area (Å²) in [6, 6.07) is 9.10. The number of ether oxygens (including phenoxy) is 2. The zero-order chi connectivity index (χ0) is 14.9. The van der Waals surface area contributed by atoms with Gasteiger partial charge in [-0.2, -0.15) is 0 Å². The van der Waals surface area contributed by atoms with Gasteiger partial charge < -0.3 is 14.8 Å². The molecule has 3 nitrogen and oxygen atoms in total. The Kier molecular flexibility index (Phi) is 7.04. The third-order valence-electron chi connectivity index (χ3n) is 4.35. The van der Waals surface area contributed by atoms with Gasteiger partial charge in [-0.15, -0.1) is 0 Å². The predicted molar refractivity (Wildman–Crippen MR) is 87.1 cm³/mol. The smallest absolute Gasteiger partial charge is 0.122 e. The van der Waals surface area contributed by atoms with E-state index >= 15 is 0 Å². The van der Waals surface area contributed by atoms with Gasteiger partial charge in [-0.05, 0) is 31.0 Å². The minimum absolute atomic E-state index is 0.561. The van der Waals surface area contributed by atoms with Crippen LogP contribution in [0, 0.1) is 0 Å². The van der Waals surface area contributed by atoms with Gasteiger partial charge in [0, 0.05) is 19.1 Å². The highest BCUT2D eigenvalue weighted by molar-refractivity contribution is 5.37. The summed E-state index contributed by atoms with van der Waals surface area (Å²) >= 11 is 0. The van der Waals surface area contributed by atoms with Gasteiger partial charge in [-0.25, -0.2) is 0 Å². The van der Waals surface area contributed by atoms with E-state index in [1.54, 1.807) is 7.11 Å². The van der Waals surface area contributed by atoms with Crippen molar-refractivity contribution in [2.24, 2.45) is 0 Å². The molecule has 1 aliphatic rings. The van der Waals surface area contributed by atoms with Crippen LogP contribution in [0.1, 0.15) is 50.5 Å². The molecule has 1 aliphatic carbocycles. The Morgan fingerprint density at radius 2 is 1.90 bits per heavy atom. The zero-order valence-corrected chi connectivity index (χ0v) is 13.4. The first-order valence-electron chi connectivity index (χ1n) is 8.30. The van der Waals surface area contributed by atoms with Gasteiger partial charge in [0.05, 0.1) is 6.61 Å². The van der Waals surface area contributed by atoms with Crippen LogP contribution in [0.25, 0.3) is 0 Å². The Morgan fingerprint density at radius 3 is 2.71 bits per heavy atom. The second kappa shape index (κ2) is 9.06. The lowest BCUT2D eigenvalue weighted by Crippen LogP contribution is -2.34. The molecule has 2 rings (SSSR count). The van der Waals surface area contributed by atoms with Crippen LogP contribution in [0.5, 0.6) is 5.75 Å². The third-order valence-corrected chi connectivity index (χ3v) is 4.35. The SMILES string of the molecule is CCNC1CCCCCC1c1ccccc1OCCOC. The Balaban J connectivity index is 2.16. The first kappa shape index (κ1) is 16.3. The molecule has 1 saturated carbocycles. The fourth-order valence-corrected chi connectivity index (χ4v) is 3.34. The molecule has 0 saturated heterocycles. The molecule has 118 valence electrons. The van der Waals surface area contributed by atoms with Gasteiger partial charge in [0.2, 0.25) is 0 Å². The van der Waals surface area contributed by atoms with E-state index in [2.05, 4.69) is 36.5 Å². The summed E-state index contributed by atoms with van der Waals surface area (Å²) < 4.78 is 11.0. The molecular formula is C18H29NO2. The molecule has 0 aliphatic heterocycles. The van der Waals surface area contributed by atoms with Gasteiger partial charge >= 0.3 is 0 Å². The number of para-hydroxylation sites is 1. The van der Waals surface area contributed by atoms with E-state index in [1.807, 2.05) is 0 Å². The number of methoxy groups -OCH3 is 1. The first-order valence-corrected chi connectivity index (χ1v) is 8.30. The Morgan fingerprint density at radius 1 is 1.10 bits per heavy atom. The molecule has 3 heteroatoms. The lowest BCUT2D eigenvalue weighted by Gasteiger charge is -2.28. The quantitative estimate of drug-likeness (QED) is 0.613. The first-order chi connectivity index (χ1) is 10.4. The maximum absolute atomic E-state index is 5.95. The van der Waals surface area contributed by atoms with E-state index in [0.717, 1.165) is 12.3 Å². The molecule has 1 aromatic rings. The van der Waals surface area contributed by atoms with Crippen molar-refractivity contribution in [1.82, 2.24) is 5.32 Å². The van der Waals surface area contributed by atoms with Crippen LogP contribution in [-0.4, -0.2) is 32.9 Å². The second-order valence-corrected chi connectivity index (χ2v) is 5.79. The Bertz CT molecular complexity index is 408. The largest absolute Gasteiger partial charge is 0.491 e. The topological polar surface area (TPSA) is 30.5 Å². The Labute approximate surface area is 129 Å². The average molecular weight is 291 g/mol. The summed E-state index contributed by atoms with van der Waals surface area (Å²) in [5, 5.41) is 3.69. The molecule has 1 aromatic carbocycles. The lowest BCUT2D eigenvalue weighted by molar-refractivity contribution is 0.145. The van der Waals surface area contributed by atoms with Gasteiger partial charge in [0.25, 0.3) is 0 Å². The number of rotatable bonds is 7. The van der Waals surface area contributed by atoms with Crippen molar-refractivity contribution in [1.29, 1.82) is 0 Å². The second-order valence-electron chi connectivity index (χ2n) is 5.79. The van der Waals surface area contributed by atoms with Crippen LogP contribution in [-0.2, 0) is 4.74 Å². The molecule has 1 fully saturated rings. The van der Waals surface area contributed by atoms with Gasteiger partial charge in [0.1, 0.15) is 12.4 Å².